The smallest absolute Gasteiger partial charge is 0.296 e. The molecule has 5 heteroatoms. The van der Waals surface area contributed by atoms with Crippen LogP contribution >= 0.6 is 0 Å². The molecule has 0 amide bonds. The Morgan fingerprint density at radius 3 is 2.88 bits per heavy atom. The summed E-state index contributed by atoms with van der Waals surface area (Å²) in [5.74, 6) is 1.84. The summed E-state index contributed by atoms with van der Waals surface area (Å²) in [7, 11) is 0. The topological polar surface area (TPSA) is 64.4 Å². The highest BCUT2D eigenvalue weighted by molar-refractivity contribution is 5.72. The van der Waals surface area contributed by atoms with Crippen LogP contribution in [0, 0.1) is 22.0 Å². The molecule has 1 heterocycles. The number of benzene rings is 1. The summed E-state index contributed by atoms with van der Waals surface area (Å²) < 4.78 is 5.59. The van der Waals surface area contributed by atoms with Gasteiger partial charge in [0.25, 0.3) is 5.69 Å². The van der Waals surface area contributed by atoms with Gasteiger partial charge in [-0.1, -0.05) is 24.3 Å². The molecule has 25 heavy (non-hydrogen) atoms. The quantitative estimate of drug-likeness (QED) is 0.485. The molecule has 1 aliphatic heterocycles. The van der Waals surface area contributed by atoms with Crippen LogP contribution in [0.15, 0.2) is 36.4 Å². The first-order valence-corrected chi connectivity index (χ1v) is 9.22. The number of nitro benzene ring substituents is 1. The summed E-state index contributed by atoms with van der Waals surface area (Å²) >= 11 is 0. The van der Waals surface area contributed by atoms with E-state index in [-0.39, 0.29) is 22.6 Å². The second-order valence-corrected chi connectivity index (χ2v) is 7.16. The second-order valence-electron chi connectivity index (χ2n) is 7.16. The molecule has 0 bridgehead atoms. The number of nitrogens with one attached hydrogen (secondary N) is 1. The van der Waals surface area contributed by atoms with Crippen LogP contribution in [0.3, 0.4) is 0 Å². The van der Waals surface area contributed by atoms with E-state index >= 15 is 0 Å². The van der Waals surface area contributed by atoms with Crippen molar-refractivity contribution in [2.24, 2.45) is 11.8 Å². The highest BCUT2D eigenvalue weighted by atomic mass is 16.6. The SMILES string of the molecule is CCOc1cc2c(c([N+](=O)[O-])c1)N[C@H]([C@H]1CC=CCC1)[C@H]1CC=C[C@H]21. The molecular formula is C20H24N2O3. The van der Waals surface area contributed by atoms with E-state index in [9.17, 15) is 10.1 Å². The van der Waals surface area contributed by atoms with Crippen LogP contribution in [-0.4, -0.2) is 17.6 Å². The molecule has 1 N–H and O–H groups in total. The van der Waals surface area contributed by atoms with Gasteiger partial charge in [-0.2, -0.15) is 0 Å². The van der Waals surface area contributed by atoms with Crippen molar-refractivity contribution in [2.45, 2.75) is 44.6 Å². The highest BCUT2D eigenvalue weighted by Gasteiger charge is 2.43. The lowest BCUT2D eigenvalue weighted by molar-refractivity contribution is -0.384. The van der Waals surface area contributed by atoms with E-state index < -0.39 is 0 Å². The Labute approximate surface area is 147 Å². The Bertz CT molecular complexity index is 741. The number of hydrogen-bond donors (Lipinski definition) is 1. The molecule has 0 radical (unpaired) electrons. The molecule has 4 atom stereocenters. The van der Waals surface area contributed by atoms with Crippen molar-refractivity contribution in [2.75, 3.05) is 11.9 Å². The van der Waals surface area contributed by atoms with Gasteiger partial charge in [-0.05, 0) is 56.1 Å². The molecule has 0 saturated carbocycles. The zero-order chi connectivity index (χ0) is 17.4. The third-order valence-corrected chi connectivity index (χ3v) is 5.79. The number of nitrogens with zero attached hydrogens (tertiary/aromatic N) is 1. The molecule has 2 aliphatic carbocycles. The van der Waals surface area contributed by atoms with Crippen molar-refractivity contribution in [3.8, 4) is 5.75 Å². The van der Waals surface area contributed by atoms with E-state index in [1.165, 1.54) is 0 Å². The first-order valence-electron chi connectivity index (χ1n) is 9.22. The maximum absolute atomic E-state index is 11.7. The maximum atomic E-state index is 11.7. The van der Waals surface area contributed by atoms with Crippen LogP contribution < -0.4 is 10.1 Å². The van der Waals surface area contributed by atoms with Crippen LogP contribution in [0.1, 0.15) is 44.1 Å². The van der Waals surface area contributed by atoms with Crippen LogP contribution in [0.4, 0.5) is 11.4 Å². The van der Waals surface area contributed by atoms with Crippen molar-refractivity contribution in [3.63, 3.8) is 0 Å². The third-order valence-electron chi connectivity index (χ3n) is 5.79. The minimum atomic E-state index is -0.287. The average Bonchev–Trinajstić information content (AvgIpc) is 3.11. The highest BCUT2D eigenvalue weighted by Crippen LogP contribution is 2.51. The van der Waals surface area contributed by atoms with E-state index in [0.29, 0.717) is 29.9 Å². The van der Waals surface area contributed by atoms with Gasteiger partial charge in [0, 0.05) is 12.0 Å². The Hall–Kier alpha value is -2.30. The maximum Gasteiger partial charge on any atom is 0.296 e. The van der Waals surface area contributed by atoms with Crippen LogP contribution in [0.5, 0.6) is 5.75 Å². The summed E-state index contributed by atoms with van der Waals surface area (Å²) in [6, 6.07) is 3.84. The average molecular weight is 340 g/mol. The van der Waals surface area contributed by atoms with Crippen molar-refractivity contribution in [1.82, 2.24) is 0 Å². The van der Waals surface area contributed by atoms with Gasteiger partial charge < -0.3 is 10.1 Å². The fourth-order valence-corrected chi connectivity index (χ4v) is 4.70. The minimum absolute atomic E-state index is 0.135. The summed E-state index contributed by atoms with van der Waals surface area (Å²) in [5, 5.41) is 15.3. The van der Waals surface area contributed by atoms with Gasteiger partial charge in [0.2, 0.25) is 0 Å². The largest absolute Gasteiger partial charge is 0.494 e. The minimum Gasteiger partial charge on any atom is -0.494 e. The lowest BCUT2D eigenvalue weighted by Crippen LogP contribution is -2.42. The fourth-order valence-electron chi connectivity index (χ4n) is 4.70. The van der Waals surface area contributed by atoms with E-state index in [0.717, 1.165) is 31.2 Å². The zero-order valence-electron chi connectivity index (χ0n) is 14.5. The van der Waals surface area contributed by atoms with Gasteiger partial charge >= 0.3 is 0 Å². The van der Waals surface area contributed by atoms with Crippen molar-refractivity contribution in [1.29, 1.82) is 0 Å². The number of ether oxygens (including phenoxy) is 1. The van der Waals surface area contributed by atoms with Gasteiger partial charge in [0.05, 0.1) is 17.6 Å². The molecule has 0 saturated heterocycles. The zero-order valence-corrected chi connectivity index (χ0v) is 14.5. The van der Waals surface area contributed by atoms with Crippen LogP contribution in [-0.2, 0) is 0 Å². The number of rotatable bonds is 4. The lowest BCUT2D eigenvalue weighted by atomic mass is 9.72. The normalized spacial score (nSPS) is 29.6. The summed E-state index contributed by atoms with van der Waals surface area (Å²) in [6.07, 6.45) is 13.3. The molecule has 132 valence electrons. The van der Waals surface area contributed by atoms with E-state index in [4.69, 9.17) is 4.74 Å². The molecule has 0 fully saturated rings. The van der Waals surface area contributed by atoms with Gasteiger partial charge in [-0.3, -0.25) is 10.1 Å². The Kier molecular flexibility index (Phi) is 4.24. The number of fused-ring (bicyclic) bond motifs is 3. The Morgan fingerprint density at radius 2 is 2.16 bits per heavy atom. The lowest BCUT2D eigenvalue weighted by Gasteiger charge is -2.41. The molecule has 4 rings (SSSR count). The van der Waals surface area contributed by atoms with E-state index in [2.05, 4.69) is 29.6 Å². The van der Waals surface area contributed by atoms with Crippen molar-refractivity contribution >= 4 is 11.4 Å². The van der Waals surface area contributed by atoms with Gasteiger partial charge in [0.1, 0.15) is 11.4 Å². The van der Waals surface area contributed by atoms with Gasteiger partial charge in [-0.15, -0.1) is 0 Å². The third kappa shape index (κ3) is 2.81. The Morgan fingerprint density at radius 1 is 1.28 bits per heavy atom. The molecule has 5 nitrogen and oxygen atoms in total. The summed E-state index contributed by atoms with van der Waals surface area (Å²) in [4.78, 5) is 11.4. The number of hydrogen-bond acceptors (Lipinski definition) is 4. The standard InChI is InChI=1S/C20H24N2O3/c1-2-25-14-11-17-15-9-6-10-16(15)19(13-7-4-3-5-8-13)21-20(17)18(12-14)22(23)24/h3-4,6,9,11-13,15-16,19,21H,2,5,7-8,10H2,1H3/t13-,15-,16-,19+/m0/s1. The molecule has 0 spiro atoms. The Balaban J connectivity index is 1.78. The number of nitro groups is 1. The number of allylic oxidation sites excluding steroid dienone is 4. The molecule has 1 aromatic rings. The van der Waals surface area contributed by atoms with Crippen LogP contribution in [0.2, 0.25) is 0 Å². The molecule has 3 aliphatic rings. The number of anilines is 1. The summed E-state index contributed by atoms with van der Waals surface area (Å²) in [6.45, 7) is 2.40. The van der Waals surface area contributed by atoms with E-state index in [1.54, 1.807) is 6.07 Å². The first kappa shape index (κ1) is 16.2. The van der Waals surface area contributed by atoms with Crippen LogP contribution in [0.25, 0.3) is 0 Å². The van der Waals surface area contributed by atoms with Crippen molar-refractivity contribution < 1.29 is 9.66 Å². The van der Waals surface area contributed by atoms with E-state index in [1.807, 2.05) is 13.0 Å². The molecule has 0 aromatic heterocycles. The van der Waals surface area contributed by atoms with Gasteiger partial charge in [0.15, 0.2) is 0 Å². The van der Waals surface area contributed by atoms with Gasteiger partial charge in [-0.25, -0.2) is 0 Å². The fraction of sp³-hybridized carbons (Fsp3) is 0.500. The predicted octanol–water partition coefficient (Wildman–Crippen LogP) is 4.80. The predicted molar refractivity (Wildman–Crippen MR) is 98.1 cm³/mol. The molecule has 1 aromatic carbocycles. The van der Waals surface area contributed by atoms with Crippen molar-refractivity contribution in [3.05, 3.63) is 52.1 Å². The first-order chi connectivity index (χ1) is 12.2. The summed E-state index contributed by atoms with van der Waals surface area (Å²) in [5.41, 5.74) is 1.84. The second kappa shape index (κ2) is 6.54. The monoisotopic (exact) mass is 340 g/mol. The molecule has 0 unspecified atom stereocenters. The molecular weight excluding hydrogens is 316 g/mol.